The van der Waals surface area contributed by atoms with Gasteiger partial charge in [0, 0.05) is 37.3 Å². The third-order valence-electron chi connectivity index (χ3n) is 5.71. The summed E-state index contributed by atoms with van der Waals surface area (Å²) in [6.07, 6.45) is 0. The molecule has 0 spiro atoms. The maximum Gasteiger partial charge on any atom is 0.252 e. The highest BCUT2D eigenvalue weighted by Crippen LogP contribution is 2.21. The van der Waals surface area contributed by atoms with Crippen LogP contribution in [0.1, 0.15) is 21.6 Å². The quantitative estimate of drug-likeness (QED) is 0.892. The number of ether oxygens (including phenoxy) is 1. The van der Waals surface area contributed by atoms with Crippen molar-refractivity contribution in [3.63, 3.8) is 0 Å². The van der Waals surface area contributed by atoms with Gasteiger partial charge >= 0.3 is 0 Å². The predicted molar refractivity (Wildman–Crippen MR) is 106 cm³/mol. The average molecular weight is 368 g/mol. The van der Waals surface area contributed by atoms with Crippen molar-refractivity contribution in [2.24, 2.45) is 0 Å². The molecule has 2 fully saturated rings. The number of nitrogens with zero attached hydrogens (tertiary/aromatic N) is 3. The van der Waals surface area contributed by atoms with E-state index in [4.69, 9.17) is 4.74 Å². The molecular weight excluding hydrogens is 340 g/mol. The zero-order valence-corrected chi connectivity index (χ0v) is 16.4. The summed E-state index contributed by atoms with van der Waals surface area (Å²) in [4.78, 5) is 22.5. The van der Waals surface area contributed by atoms with Crippen LogP contribution in [0, 0.1) is 13.8 Å². The van der Waals surface area contributed by atoms with E-state index >= 15 is 0 Å². The number of pyridine rings is 1. The number of carbonyl (C=O) groups excluding carboxylic acids is 1. The number of likely N-dealkylation sites (N-methyl/N-ethyl adjacent to an activating group) is 1. The van der Waals surface area contributed by atoms with Gasteiger partial charge in [0.2, 0.25) is 0 Å². The predicted octanol–water partition coefficient (Wildman–Crippen LogP) is 1.60. The Bertz CT molecular complexity index is 845. The van der Waals surface area contributed by atoms with Crippen LogP contribution >= 0.6 is 0 Å². The highest BCUT2D eigenvalue weighted by Gasteiger charge is 2.35. The van der Waals surface area contributed by atoms with Gasteiger partial charge in [-0.2, -0.15) is 0 Å². The SMILES string of the molecule is Cc1ccc2nc(C)cc(C(=O)N[C@H]3COC[C@@H]3N3CCN(C)CC3)c2c1. The standard InChI is InChI=1S/C21H28N4O2/c1-14-4-5-18-16(10-14)17(11-15(2)22-18)21(26)23-19-12-27-13-20(19)25-8-6-24(3)7-9-25/h4-5,10-11,19-20H,6-9,12-13H2,1-3H3,(H,23,26)/t19-,20-/m0/s1. The number of piperazine rings is 1. The summed E-state index contributed by atoms with van der Waals surface area (Å²) in [6, 6.07) is 8.22. The second-order valence-corrected chi connectivity index (χ2v) is 7.86. The van der Waals surface area contributed by atoms with Crippen LogP contribution < -0.4 is 5.32 Å². The van der Waals surface area contributed by atoms with E-state index in [1.54, 1.807) is 0 Å². The van der Waals surface area contributed by atoms with Crippen LogP contribution in [0.4, 0.5) is 0 Å². The van der Waals surface area contributed by atoms with Gasteiger partial charge in [-0.3, -0.25) is 14.7 Å². The van der Waals surface area contributed by atoms with Crippen molar-refractivity contribution >= 4 is 16.8 Å². The molecule has 4 rings (SSSR count). The lowest BCUT2D eigenvalue weighted by atomic mass is 10.0. The first-order valence-electron chi connectivity index (χ1n) is 9.70. The highest BCUT2D eigenvalue weighted by molar-refractivity contribution is 6.06. The van der Waals surface area contributed by atoms with Gasteiger partial charge in [0.1, 0.15) is 0 Å². The van der Waals surface area contributed by atoms with E-state index in [0.717, 1.165) is 48.3 Å². The van der Waals surface area contributed by atoms with Gasteiger partial charge in [-0.25, -0.2) is 0 Å². The first-order valence-corrected chi connectivity index (χ1v) is 9.70. The summed E-state index contributed by atoms with van der Waals surface area (Å²) >= 11 is 0. The van der Waals surface area contributed by atoms with Gasteiger partial charge in [-0.05, 0) is 39.1 Å². The Hall–Kier alpha value is -2.02. The number of rotatable bonds is 3. The van der Waals surface area contributed by atoms with Crippen LogP contribution in [0.2, 0.25) is 0 Å². The van der Waals surface area contributed by atoms with Gasteiger partial charge in [0.05, 0.1) is 36.4 Å². The molecule has 0 bridgehead atoms. The van der Waals surface area contributed by atoms with Gasteiger partial charge in [0.25, 0.3) is 5.91 Å². The van der Waals surface area contributed by atoms with E-state index in [9.17, 15) is 4.79 Å². The van der Waals surface area contributed by atoms with Gasteiger partial charge < -0.3 is 15.0 Å². The van der Waals surface area contributed by atoms with E-state index in [1.807, 2.05) is 38.1 Å². The second-order valence-electron chi connectivity index (χ2n) is 7.86. The lowest BCUT2D eigenvalue weighted by Crippen LogP contribution is -2.56. The maximum absolute atomic E-state index is 13.1. The summed E-state index contributed by atoms with van der Waals surface area (Å²) in [7, 11) is 2.15. The molecule has 0 saturated carbocycles. The normalized spacial score (nSPS) is 24.4. The van der Waals surface area contributed by atoms with E-state index < -0.39 is 0 Å². The van der Waals surface area contributed by atoms with Gasteiger partial charge in [0.15, 0.2) is 0 Å². The van der Waals surface area contributed by atoms with E-state index in [0.29, 0.717) is 18.8 Å². The molecule has 144 valence electrons. The lowest BCUT2D eigenvalue weighted by Gasteiger charge is -2.38. The molecule has 2 aliphatic rings. The van der Waals surface area contributed by atoms with Crippen LogP contribution in [0.5, 0.6) is 0 Å². The Morgan fingerprint density at radius 3 is 2.70 bits per heavy atom. The molecule has 1 amide bonds. The third kappa shape index (κ3) is 3.83. The Morgan fingerprint density at radius 2 is 1.93 bits per heavy atom. The summed E-state index contributed by atoms with van der Waals surface area (Å²) < 4.78 is 5.73. The number of nitrogens with one attached hydrogen (secondary N) is 1. The fraction of sp³-hybridized carbons (Fsp3) is 0.524. The highest BCUT2D eigenvalue weighted by atomic mass is 16.5. The first-order chi connectivity index (χ1) is 13.0. The average Bonchev–Trinajstić information content (AvgIpc) is 3.10. The van der Waals surface area contributed by atoms with Crippen LogP contribution in [-0.4, -0.2) is 79.2 Å². The molecule has 27 heavy (non-hydrogen) atoms. The van der Waals surface area contributed by atoms with Crippen molar-refractivity contribution in [2.45, 2.75) is 25.9 Å². The van der Waals surface area contributed by atoms with E-state index in [2.05, 4.69) is 27.1 Å². The Morgan fingerprint density at radius 1 is 1.15 bits per heavy atom. The third-order valence-corrected chi connectivity index (χ3v) is 5.71. The zero-order chi connectivity index (χ0) is 19.0. The Labute approximate surface area is 160 Å². The monoisotopic (exact) mass is 368 g/mol. The topological polar surface area (TPSA) is 57.7 Å². The van der Waals surface area contributed by atoms with Crippen LogP contribution in [-0.2, 0) is 4.74 Å². The molecule has 0 radical (unpaired) electrons. The summed E-state index contributed by atoms with van der Waals surface area (Å²) in [5, 5.41) is 4.16. The molecule has 1 aromatic carbocycles. The molecule has 1 aromatic heterocycles. The molecular formula is C21H28N4O2. The number of hydrogen-bond acceptors (Lipinski definition) is 5. The number of aryl methyl sites for hydroxylation is 2. The Kier molecular flexibility index (Phi) is 5.12. The maximum atomic E-state index is 13.1. The molecule has 6 nitrogen and oxygen atoms in total. The van der Waals surface area contributed by atoms with E-state index in [-0.39, 0.29) is 18.0 Å². The van der Waals surface area contributed by atoms with E-state index in [1.165, 1.54) is 0 Å². The summed E-state index contributed by atoms with van der Waals surface area (Å²) in [5.41, 5.74) is 3.55. The van der Waals surface area contributed by atoms with Crippen molar-refractivity contribution in [3.05, 3.63) is 41.1 Å². The minimum atomic E-state index is -0.0364. The summed E-state index contributed by atoms with van der Waals surface area (Å²) in [6.45, 7) is 9.39. The van der Waals surface area contributed by atoms with Crippen LogP contribution in [0.25, 0.3) is 10.9 Å². The number of carbonyl (C=O) groups is 1. The molecule has 0 aliphatic carbocycles. The van der Waals surface area contributed by atoms with Crippen molar-refractivity contribution in [1.29, 1.82) is 0 Å². The van der Waals surface area contributed by atoms with Gasteiger partial charge in [-0.15, -0.1) is 0 Å². The lowest BCUT2D eigenvalue weighted by molar-refractivity contribution is 0.0830. The molecule has 1 N–H and O–H groups in total. The molecule has 2 aromatic rings. The van der Waals surface area contributed by atoms with Crippen molar-refractivity contribution < 1.29 is 9.53 Å². The number of aromatic nitrogens is 1. The molecule has 3 heterocycles. The van der Waals surface area contributed by atoms with Crippen LogP contribution in [0.15, 0.2) is 24.3 Å². The molecule has 6 heteroatoms. The molecule has 0 unspecified atom stereocenters. The first kappa shape index (κ1) is 18.3. The number of hydrogen-bond donors (Lipinski definition) is 1. The zero-order valence-electron chi connectivity index (χ0n) is 16.4. The summed E-state index contributed by atoms with van der Waals surface area (Å²) in [5.74, 6) is -0.0364. The van der Waals surface area contributed by atoms with Crippen molar-refractivity contribution in [3.8, 4) is 0 Å². The molecule has 2 atom stereocenters. The largest absolute Gasteiger partial charge is 0.378 e. The fourth-order valence-electron chi connectivity index (χ4n) is 4.10. The fourth-order valence-corrected chi connectivity index (χ4v) is 4.10. The van der Waals surface area contributed by atoms with Crippen LogP contribution in [0.3, 0.4) is 0 Å². The van der Waals surface area contributed by atoms with Gasteiger partial charge in [-0.1, -0.05) is 11.6 Å². The minimum Gasteiger partial charge on any atom is -0.378 e. The Balaban J connectivity index is 1.55. The van der Waals surface area contributed by atoms with Crippen molar-refractivity contribution in [2.75, 3.05) is 46.4 Å². The number of amides is 1. The molecule has 2 saturated heterocycles. The smallest absolute Gasteiger partial charge is 0.252 e. The molecule has 2 aliphatic heterocycles. The number of fused-ring (bicyclic) bond motifs is 1. The minimum absolute atomic E-state index is 0.0224. The van der Waals surface area contributed by atoms with Crippen molar-refractivity contribution in [1.82, 2.24) is 20.1 Å². The second kappa shape index (κ2) is 7.54. The number of benzene rings is 1.